The van der Waals surface area contributed by atoms with Crippen molar-refractivity contribution in [2.24, 2.45) is 0 Å². The number of para-hydroxylation sites is 1. The van der Waals surface area contributed by atoms with Gasteiger partial charge in [-0.05, 0) is 25.0 Å². The SMILES string of the molecule is CCc1ncc(C(=O)N(C)CCOc2ccccc2C)s1. The van der Waals surface area contributed by atoms with Crippen molar-refractivity contribution in [2.45, 2.75) is 20.3 Å². The van der Waals surface area contributed by atoms with Crippen LogP contribution in [-0.4, -0.2) is 36.0 Å². The summed E-state index contributed by atoms with van der Waals surface area (Å²) in [4.78, 5) is 18.8. The van der Waals surface area contributed by atoms with E-state index >= 15 is 0 Å². The monoisotopic (exact) mass is 304 g/mol. The van der Waals surface area contributed by atoms with Gasteiger partial charge in [-0.25, -0.2) is 4.98 Å². The van der Waals surface area contributed by atoms with Gasteiger partial charge < -0.3 is 9.64 Å². The van der Waals surface area contributed by atoms with Crippen LogP contribution in [0.5, 0.6) is 5.75 Å². The average Bonchev–Trinajstić information content (AvgIpc) is 2.97. The van der Waals surface area contributed by atoms with Crippen molar-refractivity contribution in [1.82, 2.24) is 9.88 Å². The molecule has 0 atom stereocenters. The second-order valence-corrected chi connectivity index (χ2v) is 5.93. The number of amides is 1. The minimum atomic E-state index is 0.000540. The number of likely N-dealkylation sites (N-methyl/N-ethyl adjacent to an activating group) is 1. The summed E-state index contributed by atoms with van der Waals surface area (Å²) >= 11 is 1.46. The third-order valence-electron chi connectivity index (χ3n) is 3.19. The van der Waals surface area contributed by atoms with E-state index in [1.807, 2.05) is 38.1 Å². The van der Waals surface area contributed by atoms with E-state index in [-0.39, 0.29) is 5.91 Å². The molecule has 21 heavy (non-hydrogen) atoms. The van der Waals surface area contributed by atoms with E-state index in [9.17, 15) is 4.79 Å². The predicted molar refractivity (Wildman–Crippen MR) is 85.1 cm³/mol. The fraction of sp³-hybridized carbons (Fsp3) is 0.375. The number of rotatable bonds is 6. The first-order valence-corrected chi connectivity index (χ1v) is 7.82. The number of thiazole rings is 1. The molecule has 0 unspecified atom stereocenters. The summed E-state index contributed by atoms with van der Waals surface area (Å²) in [6.07, 6.45) is 2.52. The molecule has 112 valence electrons. The molecule has 0 N–H and O–H groups in total. The molecular formula is C16H20N2O2S. The number of hydrogen-bond donors (Lipinski definition) is 0. The van der Waals surface area contributed by atoms with Crippen LogP contribution in [0.1, 0.15) is 27.2 Å². The second-order valence-electron chi connectivity index (χ2n) is 4.81. The summed E-state index contributed by atoms with van der Waals surface area (Å²) in [5.41, 5.74) is 1.10. The lowest BCUT2D eigenvalue weighted by molar-refractivity contribution is 0.0778. The smallest absolute Gasteiger partial charge is 0.265 e. The topological polar surface area (TPSA) is 42.4 Å². The number of hydrogen-bond acceptors (Lipinski definition) is 4. The van der Waals surface area contributed by atoms with E-state index in [0.717, 1.165) is 22.7 Å². The Labute approximate surface area is 129 Å². The van der Waals surface area contributed by atoms with Crippen molar-refractivity contribution >= 4 is 17.2 Å². The van der Waals surface area contributed by atoms with Crippen molar-refractivity contribution in [1.29, 1.82) is 0 Å². The quantitative estimate of drug-likeness (QED) is 0.823. The maximum atomic E-state index is 12.2. The van der Waals surface area contributed by atoms with E-state index in [2.05, 4.69) is 4.98 Å². The van der Waals surface area contributed by atoms with Crippen LogP contribution in [0.4, 0.5) is 0 Å². The zero-order valence-corrected chi connectivity index (χ0v) is 13.4. The Morgan fingerprint density at radius 1 is 1.38 bits per heavy atom. The van der Waals surface area contributed by atoms with E-state index in [1.165, 1.54) is 11.3 Å². The molecule has 0 bridgehead atoms. The largest absolute Gasteiger partial charge is 0.491 e. The first-order chi connectivity index (χ1) is 10.1. The van der Waals surface area contributed by atoms with Crippen molar-refractivity contribution in [3.05, 3.63) is 45.9 Å². The van der Waals surface area contributed by atoms with Crippen LogP contribution in [-0.2, 0) is 6.42 Å². The number of ether oxygens (including phenoxy) is 1. The van der Waals surface area contributed by atoms with Gasteiger partial charge in [-0.15, -0.1) is 11.3 Å². The number of aromatic nitrogens is 1. The van der Waals surface area contributed by atoms with Crippen molar-refractivity contribution in [3.8, 4) is 5.75 Å². The zero-order valence-electron chi connectivity index (χ0n) is 12.6. The van der Waals surface area contributed by atoms with Crippen LogP contribution in [0.3, 0.4) is 0 Å². The Morgan fingerprint density at radius 2 is 2.14 bits per heavy atom. The van der Waals surface area contributed by atoms with Crippen molar-refractivity contribution < 1.29 is 9.53 Å². The van der Waals surface area contributed by atoms with Gasteiger partial charge in [0.2, 0.25) is 0 Å². The summed E-state index contributed by atoms with van der Waals surface area (Å²) < 4.78 is 5.71. The molecule has 0 fully saturated rings. The van der Waals surface area contributed by atoms with Crippen molar-refractivity contribution in [3.63, 3.8) is 0 Å². The summed E-state index contributed by atoms with van der Waals surface area (Å²) in [5, 5.41) is 0.989. The number of carbonyl (C=O) groups is 1. The van der Waals surface area contributed by atoms with Crippen LogP contribution < -0.4 is 4.74 Å². The summed E-state index contributed by atoms with van der Waals surface area (Å²) in [6, 6.07) is 7.87. The van der Waals surface area contributed by atoms with Crippen LogP contribution in [0.15, 0.2) is 30.5 Å². The van der Waals surface area contributed by atoms with E-state index < -0.39 is 0 Å². The molecule has 1 aromatic heterocycles. The predicted octanol–water partition coefficient (Wildman–Crippen LogP) is 3.16. The molecule has 1 amide bonds. The third kappa shape index (κ3) is 4.04. The molecule has 0 radical (unpaired) electrons. The Morgan fingerprint density at radius 3 is 2.81 bits per heavy atom. The molecular weight excluding hydrogens is 284 g/mol. The van der Waals surface area contributed by atoms with Crippen LogP contribution >= 0.6 is 11.3 Å². The Balaban J connectivity index is 1.85. The highest BCUT2D eigenvalue weighted by Crippen LogP contribution is 2.17. The maximum absolute atomic E-state index is 12.2. The molecule has 4 nitrogen and oxygen atoms in total. The minimum absolute atomic E-state index is 0.000540. The van der Waals surface area contributed by atoms with Crippen molar-refractivity contribution in [2.75, 3.05) is 20.2 Å². The van der Waals surface area contributed by atoms with E-state index in [1.54, 1.807) is 18.1 Å². The molecule has 0 saturated heterocycles. The Hall–Kier alpha value is -1.88. The van der Waals surface area contributed by atoms with Gasteiger partial charge in [0.05, 0.1) is 17.7 Å². The van der Waals surface area contributed by atoms with Gasteiger partial charge >= 0.3 is 0 Å². The molecule has 2 aromatic rings. The molecule has 2 rings (SSSR count). The highest BCUT2D eigenvalue weighted by molar-refractivity contribution is 7.13. The summed E-state index contributed by atoms with van der Waals surface area (Å²) in [6.45, 7) is 5.07. The Kier molecular flexibility index (Phi) is 5.33. The maximum Gasteiger partial charge on any atom is 0.265 e. The first-order valence-electron chi connectivity index (χ1n) is 7.00. The Bertz CT molecular complexity index is 610. The standard InChI is InChI=1S/C16H20N2O2S/c1-4-15-17-11-14(21-15)16(19)18(3)9-10-20-13-8-6-5-7-12(13)2/h5-8,11H,4,9-10H2,1-3H3. The zero-order chi connectivity index (χ0) is 15.2. The lowest BCUT2D eigenvalue weighted by Gasteiger charge is -2.17. The van der Waals surface area contributed by atoms with E-state index in [4.69, 9.17) is 4.74 Å². The van der Waals surface area contributed by atoms with Gasteiger partial charge in [0, 0.05) is 7.05 Å². The molecule has 1 heterocycles. The molecule has 0 aliphatic carbocycles. The lowest BCUT2D eigenvalue weighted by Crippen LogP contribution is -2.30. The van der Waals surface area contributed by atoms with Gasteiger partial charge in [-0.3, -0.25) is 4.79 Å². The van der Waals surface area contributed by atoms with Crippen LogP contribution in [0.2, 0.25) is 0 Å². The molecule has 0 aliphatic heterocycles. The fourth-order valence-corrected chi connectivity index (χ4v) is 2.73. The number of carbonyl (C=O) groups excluding carboxylic acids is 1. The molecule has 1 aromatic carbocycles. The highest BCUT2D eigenvalue weighted by atomic mass is 32.1. The highest BCUT2D eigenvalue weighted by Gasteiger charge is 2.14. The first kappa shape index (κ1) is 15.5. The molecule has 5 heteroatoms. The third-order valence-corrected chi connectivity index (χ3v) is 4.32. The number of aryl methyl sites for hydroxylation is 2. The lowest BCUT2D eigenvalue weighted by atomic mass is 10.2. The second kappa shape index (κ2) is 7.22. The van der Waals surface area contributed by atoms with Gasteiger partial charge in [-0.2, -0.15) is 0 Å². The number of benzene rings is 1. The fourth-order valence-electron chi connectivity index (χ4n) is 1.87. The normalized spacial score (nSPS) is 10.4. The number of nitrogens with zero attached hydrogens (tertiary/aromatic N) is 2. The van der Waals surface area contributed by atoms with Gasteiger partial charge in [0.1, 0.15) is 17.2 Å². The molecule has 0 aliphatic rings. The van der Waals surface area contributed by atoms with Gasteiger partial charge in [-0.1, -0.05) is 25.1 Å². The van der Waals surface area contributed by atoms with Crippen LogP contribution in [0.25, 0.3) is 0 Å². The van der Waals surface area contributed by atoms with Gasteiger partial charge in [0.15, 0.2) is 0 Å². The van der Waals surface area contributed by atoms with Crippen LogP contribution in [0, 0.1) is 6.92 Å². The minimum Gasteiger partial charge on any atom is -0.491 e. The van der Waals surface area contributed by atoms with Gasteiger partial charge in [0.25, 0.3) is 5.91 Å². The average molecular weight is 304 g/mol. The summed E-state index contributed by atoms with van der Waals surface area (Å²) in [7, 11) is 1.79. The van der Waals surface area contributed by atoms with E-state index in [0.29, 0.717) is 18.0 Å². The molecule has 0 spiro atoms. The summed E-state index contributed by atoms with van der Waals surface area (Å²) in [5.74, 6) is 0.866. The molecule has 0 saturated carbocycles.